The number of amides is 2. The minimum Gasteiger partial charge on any atom is -0.480 e. The molecule has 1 aliphatic rings. The van der Waals surface area contributed by atoms with Gasteiger partial charge in [-0.3, -0.25) is 9.59 Å². The summed E-state index contributed by atoms with van der Waals surface area (Å²) in [5, 5.41) is 11.7. The molecule has 0 aromatic heterocycles. The highest BCUT2D eigenvalue weighted by Crippen LogP contribution is 2.29. The Kier molecular flexibility index (Phi) is 5.41. The second-order valence-corrected chi connectivity index (χ2v) is 6.18. The molecule has 2 amide bonds. The molecule has 0 bridgehead atoms. The number of hydrogen-bond donors (Lipinski definition) is 2. The van der Waals surface area contributed by atoms with E-state index >= 15 is 0 Å². The van der Waals surface area contributed by atoms with Crippen molar-refractivity contribution < 1.29 is 24.1 Å². The van der Waals surface area contributed by atoms with Crippen LogP contribution < -0.4 is 5.09 Å². The second-order valence-electron chi connectivity index (χ2n) is 4.90. The molecule has 2 N–H and O–H groups in total. The summed E-state index contributed by atoms with van der Waals surface area (Å²) in [6, 6.07) is 6.98. The van der Waals surface area contributed by atoms with Crippen molar-refractivity contribution >= 4 is 25.9 Å². The van der Waals surface area contributed by atoms with E-state index < -0.39 is 31.9 Å². The number of likely N-dealkylation sites (N-methyl/N-ethyl adjacent to an activating group) is 1. The van der Waals surface area contributed by atoms with Gasteiger partial charge >= 0.3 is 25.9 Å². The predicted molar refractivity (Wildman–Crippen MR) is 81.5 cm³/mol. The number of piperazine rings is 1. The van der Waals surface area contributed by atoms with Gasteiger partial charge in [0.25, 0.3) is 0 Å². The molecule has 1 heterocycles. The van der Waals surface area contributed by atoms with Crippen LogP contribution in [0.3, 0.4) is 0 Å². The number of rotatable bonds is 6. The van der Waals surface area contributed by atoms with E-state index in [-0.39, 0.29) is 13.1 Å². The fraction of sp³-hybridized carbons (Fsp3) is 0.357. The highest BCUT2D eigenvalue weighted by atomic mass is 31.1. The Bertz CT molecular complexity index is 637. The highest BCUT2D eigenvalue weighted by molar-refractivity contribution is 7.40. The lowest BCUT2D eigenvalue weighted by molar-refractivity contribution is -0.152. The van der Waals surface area contributed by atoms with Crippen molar-refractivity contribution in [3.8, 4) is 0 Å². The molecule has 1 aromatic rings. The fourth-order valence-electron chi connectivity index (χ4n) is 2.24. The summed E-state index contributed by atoms with van der Waals surface area (Å²) in [7, 11) is -2.53. The number of carboxylic acid groups (broad SMARTS) is 1. The maximum Gasteiger partial charge on any atom is 0.568 e. The monoisotopic (exact) mass is 338 g/mol. The van der Waals surface area contributed by atoms with Gasteiger partial charge in [-0.2, -0.15) is 0 Å². The lowest BCUT2D eigenvalue weighted by Crippen LogP contribution is -2.52. The van der Waals surface area contributed by atoms with E-state index in [2.05, 4.69) is 5.09 Å². The molecule has 122 valence electrons. The van der Waals surface area contributed by atoms with E-state index in [0.29, 0.717) is 12.1 Å². The third-order valence-corrected chi connectivity index (χ3v) is 4.81. The summed E-state index contributed by atoms with van der Waals surface area (Å²) < 4.78 is 13.2. The van der Waals surface area contributed by atoms with E-state index in [9.17, 15) is 24.1 Å². The Morgan fingerprint density at radius 1 is 1.26 bits per heavy atom. The van der Waals surface area contributed by atoms with Crippen molar-refractivity contribution in [2.75, 3.05) is 19.6 Å². The SMILES string of the molecule is CCN1CCN([P+](=O)NC(C(=O)O)c2ccccc2)C(=O)C1=O. The van der Waals surface area contributed by atoms with E-state index in [0.717, 1.165) is 4.67 Å². The summed E-state index contributed by atoms with van der Waals surface area (Å²) in [5.74, 6) is -2.83. The first-order valence-electron chi connectivity index (χ1n) is 7.07. The molecule has 1 fully saturated rings. The summed E-state index contributed by atoms with van der Waals surface area (Å²) >= 11 is 0. The Labute approximate surface area is 134 Å². The van der Waals surface area contributed by atoms with Crippen LogP contribution in [0, 0.1) is 0 Å². The van der Waals surface area contributed by atoms with Gasteiger partial charge in [0.05, 0.1) is 6.54 Å². The van der Waals surface area contributed by atoms with Gasteiger partial charge < -0.3 is 10.0 Å². The number of hydrogen-bond acceptors (Lipinski definition) is 4. The van der Waals surface area contributed by atoms with Crippen molar-refractivity contribution in [1.29, 1.82) is 0 Å². The molecule has 1 saturated heterocycles. The zero-order valence-electron chi connectivity index (χ0n) is 12.5. The van der Waals surface area contributed by atoms with Crippen LogP contribution >= 0.6 is 8.10 Å². The molecule has 9 heteroatoms. The van der Waals surface area contributed by atoms with Gasteiger partial charge in [0.15, 0.2) is 6.04 Å². The molecule has 8 nitrogen and oxygen atoms in total. The highest BCUT2D eigenvalue weighted by Gasteiger charge is 2.45. The molecule has 2 atom stereocenters. The summed E-state index contributed by atoms with van der Waals surface area (Å²) in [6.45, 7) is 2.51. The number of carboxylic acids is 1. The lowest BCUT2D eigenvalue weighted by atomic mass is 10.1. The Balaban J connectivity index is 2.12. The fourth-order valence-corrected chi connectivity index (χ4v) is 3.38. The third kappa shape index (κ3) is 3.72. The molecule has 1 aromatic carbocycles. The van der Waals surface area contributed by atoms with Crippen LogP contribution in [0.2, 0.25) is 0 Å². The normalized spacial score (nSPS) is 17.2. The number of carbonyl (C=O) groups excluding carboxylic acids is 2. The zero-order valence-corrected chi connectivity index (χ0v) is 13.4. The van der Waals surface area contributed by atoms with E-state index in [1.54, 1.807) is 37.3 Å². The van der Waals surface area contributed by atoms with Crippen molar-refractivity contribution in [1.82, 2.24) is 14.7 Å². The van der Waals surface area contributed by atoms with Gasteiger partial charge in [-0.15, -0.1) is 4.67 Å². The standard InChI is InChI=1S/C14H16N3O5P/c1-2-16-8-9-17(13(19)12(16)18)23(22)15-11(14(20)21)10-6-4-3-5-7-10/h3-7,11H,2,8-9H2,1H3,(H-,15,20,21,22)/p+1. The summed E-state index contributed by atoms with van der Waals surface area (Å²) in [4.78, 5) is 36.6. The zero-order chi connectivity index (χ0) is 17.0. The molecular formula is C14H17N3O5P+. The lowest BCUT2D eigenvalue weighted by Gasteiger charge is -2.26. The summed E-state index contributed by atoms with van der Waals surface area (Å²) in [5.41, 5.74) is 0.411. The topological polar surface area (TPSA) is 107 Å². The largest absolute Gasteiger partial charge is 0.568 e. The van der Waals surface area contributed by atoms with E-state index in [1.807, 2.05) is 0 Å². The number of nitrogens with one attached hydrogen (secondary N) is 1. The predicted octanol–water partition coefficient (Wildman–Crippen LogP) is 0.750. The average molecular weight is 338 g/mol. The Hall–Kier alpha value is -2.31. The van der Waals surface area contributed by atoms with E-state index in [1.165, 1.54) is 4.90 Å². The van der Waals surface area contributed by atoms with Crippen LogP contribution in [0.25, 0.3) is 0 Å². The van der Waals surface area contributed by atoms with Gasteiger partial charge in [-0.1, -0.05) is 35.4 Å². The maximum atomic E-state index is 12.3. The van der Waals surface area contributed by atoms with Crippen LogP contribution in [0.15, 0.2) is 30.3 Å². The maximum absolute atomic E-state index is 12.3. The first-order chi connectivity index (χ1) is 11.0. The van der Waals surface area contributed by atoms with Crippen LogP contribution in [0.1, 0.15) is 18.5 Å². The number of aliphatic carboxylic acids is 1. The van der Waals surface area contributed by atoms with Crippen molar-refractivity contribution in [3.63, 3.8) is 0 Å². The van der Waals surface area contributed by atoms with Crippen molar-refractivity contribution in [2.24, 2.45) is 0 Å². The first-order valence-corrected chi connectivity index (χ1v) is 8.28. The number of benzene rings is 1. The number of carbonyl (C=O) groups is 3. The second kappa shape index (κ2) is 7.30. The van der Waals surface area contributed by atoms with Crippen LogP contribution in [-0.2, 0) is 18.9 Å². The minimum atomic E-state index is -2.53. The van der Waals surface area contributed by atoms with E-state index in [4.69, 9.17) is 0 Å². The molecular weight excluding hydrogens is 321 g/mol. The summed E-state index contributed by atoms with van der Waals surface area (Å²) in [6.07, 6.45) is 0. The first kappa shape index (κ1) is 17.1. The smallest absolute Gasteiger partial charge is 0.480 e. The van der Waals surface area contributed by atoms with Crippen molar-refractivity contribution in [2.45, 2.75) is 13.0 Å². The van der Waals surface area contributed by atoms with Crippen LogP contribution in [0.4, 0.5) is 0 Å². The molecule has 0 radical (unpaired) electrons. The molecule has 23 heavy (non-hydrogen) atoms. The van der Waals surface area contributed by atoms with Gasteiger partial charge in [-0.05, 0) is 17.1 Å². The van der Waals surface area contributed by atoms with Gasteiger partial charge in [0.1, 0.15) is 0 Å². The van der Waals surface area contributed by atoms with Gasteiger partial charge in [-0.25, -0.2) is 4.79 Å². The molecule has 0 saturated carbocycles. The Morgan fingerprint density at radius 2 is 1.91 bits per heavy atom. The quantitative estimate of drug-likeness (QED) is 0.585. The number of nitrogens with zero attached hydrogens (tertiary/aromatic N) is 2. The minimum absolute atomic E-state index is 0.0990. The molecule has 2 unspecified atom stereocenters. The van der Waals surface area contributed by atoms with Gasteiger partial charge in [0.2, 0.25) is 0 Å². The molecule has 0 spiro atoms. The third-order valence-electron chi connectivity index (χ3n) is 3.51. The molecule has 1 aliphatic heterocycles. The molecule has 2 rings (SSSR count). The van der Waals surface area contributed by atoms with Gasteiger partial charge in [0, 0.05) is 13.1 Å². The van der Waals surface area contributed by atoms with Crippen LogP contribution in [-0.4, -0.2) is 52.1 Å². The molecule has 0 aliphatic carbocycles. The van der Waals surface area contributed by atoms with Crippen molar-refractivity contribution in [3.05, 3.63) is 35.9 Å². The average Bonchev–Trinajstić information content (AvgIpc) is 2.55. The van der Waals surface area contributed by atoms with Crippen LogP contribution in [0.5, 0.6) is 0 Å². The Morgan fingerprint density at radius 3 is 2.48 bits per heavy atom.